The highest BCUT2D eigenvalue weighted by Crippen LogP contribution is 2.22. The smallest absolute Gasteiger partial charge is 0.0680 e. The van der Waals surface area contributed by atoms with Gasteiger partial charge in [-0.2, -0.15) is 0 Å². The number of terminal acetylenes is 1. The first-order valence-electron chi connectivity index (χ1n) is 4.11. The Morgan fingerprint density at radius 3 is 3.00 bits per heavy atom. The van der Waals surface area contributed by atoms with Gasteiger partial charge in [-0.1, -0.05) is 12.2 Å². The molecule has 0 spiro atoms. The number of aliphatic hydroxyl groups is 1. The van der Waals surface area contributed by atoms with Gasteiger partial charge in [-0.05, 0) is 25.2 Å². The van der Waals surface area contributed by atoms with Crippen LogP contribution in [-0.2, 0) is 0 Å². The predicted molar refractivity (Wildman–Crippen MR) is 45.9 cm³/mol. The van der Waals surface area contributed by atoms with Crippen molar-refractivity contribution in [3.63, 3.8) is 0 Å². The Labute approximate surface area is 68.1 Å². The van der Waals surface area contributed by atoms with E-state index in [2.05, 4.69) is 18.1 Å². The third-order valence-electron chi connectivity index (χ3n) is 2.18. The van der Waals surface area contributed by atoms with Gasteiger partial charge in [0, 0.05) is 6.42 Å². The molecule has 0 amide bonds. The molecule has 1 N–H and O–H groups in total. The molecule has 0 saturated carbocycles. The molecule has 1 heteroatoms. The zero-order valence-corrected chi connectivity index (χ0v) is 6.66. The van der Waals surface area contributed by atoms with E-state index in [1.807, 2.05) is 0 Å². The summed E-state index contributed by atoms with van der Waals surface area (Å²) in [5.74, 6) is 2.89. The minimum atomic E-state index is -0.287. The lowest BCUT2D eigenvalue weighted by molar-refractivity contribution is 0.107. The Kier molecular flexibility index (Phi) is 3.19. The Balaban J connectivity index is 2.35. The van der Waals surface area contributed by atoms with Crippen LogP contribution in [0.3, 0.4) is 0 Å². The van der Waals surface area contributed by atoms with Crippen molar-refractivity contribution < 1.29 is 5.11 Å². The maximum atomic E-state index is 9.50. The van der Waals surface area contributed by atoms with Crippen LogP contribution in [0.1, 0.15) is 25.7 Å². The summed E-state index contributed by atoms with van der Waals surface area (Å²) in [6.07, 6.45) is 12.8. The summed E-state index contributed by atoms with van der Waals surface area (Å²) < 4.78 is 0. The molecule has 11 heavy (non-hydrogen) atoms. The molecular weight excluding hydrogens is 136 g/mol. The van der Waals surface area contributed by atoms with Crippen LogP contribution in [0.5, 0.6) is 0 Å². The first kappa shape index (κ1) is 8.36. The fourth-order valence-corrected chi connectivity index (χ4v) is 1.45. The summed E-state index contributed by atoms with van der Waals surface area (Å²) >= 11 is 0. The highest BCUT2D eigenvalue weighted by atomic mass is 16.3. The number of aliphatic hydroxyl groups excluding tert-OH is 1. The Morgan fingerprint density at radius 1 is 1.64 bits per heavy atom. The molecular formula is C10H14O. The minimum Gasteiger partial charge on any atom is -0.392 e. The molecule has 0 aromatic carbocycles. The van der Waals surface area contributed by atoms with Crippen molar-refractivity contribution in [3.8, 4) is 12.3 Å². The second-order valence-electron chi connectivity index (χ2n) is 3.02. The standard InChI is InChI=1S/C10H14O/c1-2-6-10(11)9-7-4-3-5-8-9/h1,3-4,9-11H,5-8H2. The van der Waals surface area contributed by atoms with E-state index >= 15 is 0 Å². The SMILES string of the molecule is C#CCC(O)C1CC=CCC1. The van der Waals surface area contributed by atoms with Crippen molar-refractivity contribution in [2.24, 2.45) is 5.92 Å². The van der Waals surface area contributed by atoms with Gasteiger partial charge in [-0.25, -0.2) is 0 Å². The van der Waals surface area contributed by atoms with Gasteiger partial charge in [0.2, 0.25) is 0 Å². The van der Waals surface area contributed by atoms with Gasteiger partial charge in [-0.3, -0.25) is 0 Å². The van der Waals surface area contributed by atoms with E-state index in [4.69, 9.17) is 6.42 Å². The lowest BCUT2D eigenvalue weighted by Gasteiger charge is -2.21. The van der Waals surface area contributed by atoms with Gasteiger partial charge >= 0.3 is 0 Å². The molecule has 0 aromatic rings. The van der Waals surface area contributed by atoms with Crippen LogP contribution in [0.25, 0.3) is 0 Å². The zero-order chi connectivity index (χ0) is 8.10. The average molecular weight is 150 g/mol. The van der Waals surface area contributed by atoms with Gasteiger partial charge < -0.3 is 5.11 Å². The third kappa shape index (κ3) is 2.40. The molecule has 0 aliphatic heterocycles. The van der Waals surface area contributed by atoms with Crippen LogP contribution < -0.4 is 0 Å². The Bertz CT molecular complexity index is 176. The van der Waals surface area contributed by atoms with E-state index < -0.39 is 0 Å². The molecule has 1 nitrogen and oxygen atoms in total. The summed E-state index contributed by atoms with van der Waals surface area (Å²) in [4.78, 5) is 0. The lowest BCUT2D eigenvalue weighted by atomic mass is 9.88. The zero-order valence-electron chi connectivity index (χ0n) is 6.66. The largest absolute Gasteiger partial charge is 0.392 e. The van der Waals surface area contributed by atoms with Gasteiger partial charge in [0.15, 0.2) is 0 Å². The molecule has 2 unspecified atom stereocenters. The Hall–Kier alpha value is -0.740. The summed E-state index contributed by atoms with van der Waals surface area (Å²) in [7, 11) is 0. The molecule has 1 aliphatic rings. The molecule has 0 bridgehead atoms. The van der Waals surface area contributed by atoms with Gasteiger partial charge in [0.05, 0.1) is 6.10 Å². The summed E-state index contributed by atoms with van der Waals surface area (Å²) in [6.45, 7) is 0. The summed E-state index contributed by atoms with van der Waals surface area (Å²) in [5, 5.41) is 9.50. The van der Waals surface area contributed by atoms with E-state index in [0.29, 0.717) is 12.3 Å². The maximum absolute atomic E-state index is 9.50. The fourth-order valence-electron chi connectivity index (χ4n) is 1.45. The molecule has 0 aromatic heterocycles. The van der Waals surface area contributed by atoms with Crippen molar-refractivity contribution in [3.05, 3.63) is 12.2 Å². The molecule has 1 aliphatic carbocycles. The lowest BCUT2D eigenvalue weighted by Crippen LogP contribution is -2.20. The monoisotopic (exact) mass is 150 g/mol. The van der Waals surface area contributed by atoms with E-state index in [9.17, 15) is 5.11 Å². The van der Waals surface area contributed by atoms with E-state index in [-0.39, 0.29) is 6.10 Å². The van der Waals surface area contributed by atoms with Crippen LogP contribution in [0.15, 0.2) is 12.2 Å². The number of allylic oxidation sites excluding steroid dienone is 2. The first-order chi connectivity index (χ1) is 5.34. The van der Waals surface area contributed by atoms with Crippen LogP contribution in [0.2, 0.25) is 0 Å². The summed E-state index contributed by atoms with van der Waals surface area (Å²) in [6, 6.07) is 0. The van der Waals surface area contributed by atoms with Crippen LogP contribution >= 0.6 is 0 Å². The summed E-state index contributed by atoms with van der Waals surface area (Å²) in [5.41, 5.74) is 0. The van der Waals surface area contributed by atoms with Crippen molar-refractivity contribution in [1.29, 1.82) is 0 Å². The molecule has 0 radical (unpaired) electrons. The number of hydrogen-bond acceptors (Lipinski definition) is 1. The molecule has 2 atom stereocenters. The van der Waals surface area contributed by atoms with Gasteiger partial charge in [-0.15, -0.1) is 12.3 Å². The van der Waals surface area contributed by atoms with Crippen LogP contribution in [-0.4, -0.2) is 11.2 Å². The normalized spacial score (nSPS) is 26.0. The highest BCUT2D eigenvalue weighted by molar-refractivity contribution is 4.95. The van der Waals surface area contributed by atoms with Crippen LogP contribution in [0, 0.1) is 18.3 Å². The van der Waals surface area contributed by atoms with Crippen molar-refractivity contribution >= 4 is 0 Å². The third-order valence-corrected chi connectivity index (χ3v) is 2.18. The molecule has 0 heterocycles. The van der Waals surface area contributed by atoms with Crippen molar-refractivity contribution in [2.75, 3.05) is 0 Å². The highest BCUT2D eigenvalue weighted by Gasteiger charge is 2.17. The molecule has 0 fully saturated rings. The molecule has 0 saturated heterocycles. The quantitative estimate of drug-likeness (QED) is 0.469. The Morgan fingerprint density at radius 2 is 2.45 bits per heavy atom. The van der Waals surface area contributed by atoms with E-state index in [1.165, 1.54) is 0 Å². The number of hydrogen-bond donors (Lipinski definition) is 1. The van der Waals surface area contributed by atoms with Gasteiger partial charge in [0.1, 0.15) is 0 Å². The van der Waals surface area contributed by atoms with Gasteiger partial charge in [0.25, 0.3) is 0 Å². The molecule has 1 rings (SSSR count). The predicted octanol–water partition coefficient (Wildman–Crippen LogP) is 1.73. The fraction of sp³-hybridized carbons (Fsp3) is 0.600. The van der Waals surface area contributed by atoms with Crippen molar-refractivity contribution in [1.82, 2.24) is 0 Å². The van der Waals surface area contributed by atoms with E-state index in [1.54, 1.807) is 0 Å². The first-order valence-corrected chi connectivity index (χ1v) is 4.11. The average Bonchev–Trinajstić information content (AvgIpc) is 2.07. The maximum Gasteiger partial charge on any atom is 0.0680 e. The molecule has 60 valence electrons. The second-order valence-corrected chi connectivity index (χ2v) is 3.02. The van der Waals surface area contributed by atoms with E-state index in [0.717, 1.165) is 19.3 Å². The van der Waals surface area contributed by atoms with Crippen molar-refractivity contribution in [2.45, 2.75) is 31.8 Å². The minimum absolute atomic E-state index is 0.287. The number of rotatable bonds is 2. The second kappa shape index (κ2) is 4.20. The van der Waals surface area contributed by atoms with Crippen LogP contribution in [0.4, 0.5) is 0 Å². The topological polar surface area (TPSA) is 20.2 Å².